The Bertz CT molecular complexity index is 1810. The monoisotopic (exact) mass is 622 g/mol. The molecule has 8 rings (SSSR count). The quantitative estimate of drug-likeness (QED) is 0.331. The molecule has 0 spiro atoms. The Kier molecular flexibility index (Phi) is 6.73. The summed E-state index contributed by atoms with van der Waals surface area (Å²) in [7, 11) is 3.64. The molecule has 1 N–H and O–H groups in total. The summed E-state index contributed by atoms with van der Waals surface area (Å²) in [5, 5.41) is 22.7. The van der Waals surface area contributed by atoms with Gasteiger partial charge in [-0.1, -0.05) is 30.3 Å². The van der Waals surface area contributed by atoms with E-state index in [1.165, 1.54) is 18.1 Å². The summed E-state index contributed by atoms with van der Waals surface area (Å²) in [6.45, 7) is 7.57. The Morgan fingerprint density at radius 3 is 2.43 bits per heavy atom. The number of carbonyl (C=O) groups excluding carboxylic acids is 1. The molecular formula is C36H38N4O6. The Morgan fingerprint density at radius 1 is 1.04 bits per heavy atom. The van der Waals surface area contributed by atoms with E-state index < -0.39 is 12.0 Å². The van der Waals surface area contributed by atoms with E-state index in [0.29, 0.717) is 42.4 Å². The van der Waals surface area contributed by atoms with Crippen LogP contribution in [0.15, 0.2) is 30.3 Å². The van der Waals surface area contributed by atoms with Crippen LogP contribution in [-0.2, 0) is 30.7 Å². The first-order valence-corrected chi connectivity index (χ1v) is 15.9. The lowest BCUT2D eigenvalue weighted by Gasteiger charge is -2.60. The van der Waals surface area contributed by atoms with Crippen molar-refractivity contribution >= 4 is 5.97 Å². The van der Waals surface area contributed by atoms with Gasteiger partial charge in [-0.15, -0.1) is 0 Å². The number of phenolic OH excluding ortho intramolecular Hbond substituents is 1. The predicted octanol–water partition coefficient (Wildman–Crippen LogP) is 4.46. The van der Waals surface area contributed by atoms with E-state index in [0.717, 1.165) is 46.5 Å². The Hall–Kier alpha value is -4.30. The highest BCUT2D eigenvalue weighted by atomic mass is 16.7. The van der Waals surface area contributed by atoms with Gasteiger partial charge in [-0.2, -0.15) is 5.26 Å². The van der Waals surface area contributed by atoms with Crippen LogP contribution in [0.1, 0.15) is 63.5 Å². The Balaban J connectivity index is 1.35. The van der Waals surface area contributed by atoms with E-state index in [1.807, 2.05) is 13.8 Å². The van der Waals surface area contributed by atoms with E-state index in [9.17, 15) is 15.2 Å². The number of carbonyl (C=O) groups is 1. The number of methoxy groups -OCH3 is 1. The maximum absolute atomic E-state index is 12.5. The number of aryl methyl sites for hydroxylation is 1. The van der Waals surface area contributed by atoms with Crippen molar-refractivity contribution in [3.05, 3.63) is 74.8 Å². The lowest BCUT2D eigenvalue weighted by Crippen LogP contribution is -2.68. The van der Waals surface area contributed by atoms with Crippen LogP contribution in [0.25, 0.3) is 0 Å². The van der Waals surface area contributed by atoms with Crippen molar-refractivity contribution in [3.63, 3.8) is 0 Å². The number of nitriles is 1. The second-order valence-corrected chi connectivity index (χ2v) is 13.3. The number of hydrogen-bond donors (Lipinski definition) is 1. The van der Waals surface area contributed by atoms with Crippen LogP contribution in [0.5, 0.6) is 28.7 Å². The molecule has 5 aliphatic heterocycles. The summed E-state index contributed by atoms with van der Waals surface area (Å²) in [5.74, 6) is 1.99. The van der Waals surface area contributed by atoms with Crippen LogP contribution in [0.2, 0.25) is 0 Å². The summed E-state index contributed by atoms with van der Waals surface area (Å²) in [4.78, 5) is 19.6. The van der Waals surface area contributed by atoms with Gasteiger partial charge in [0.25, 0.3) is 0 Å². The summed E-state index contributed by atoms with van der Waals surface area (Å²) >= 11 is 0. The van der Waals surface area contributed by atoms with Crippen molar-refractivity contribution < 1.29 is 28.8 Å². The third kappa shape index (κ3) is 4.08. The third-order valence-corrected chi connectivity index (χ3v) is 10.8. The minimum Gasteiger partial charge on any atom is -0.504 e. The molecule has 3 aromatic rings. The van der Waals surface area contributed by atoms with Gasteiger partial charge < -0.3 is 24.1 Å². The minimum absolute atomic E-state index is 0.0769. The molecule has 46 heavy (non-hydrogen) atoms. The molecule has 1 fully saturated rings. The summed E-state index contributed by atoms with van der Waals surface area (Å²) in [6.07, 6.45) is 1.11. The molecule has 1 saturated heterocycles. The van der Waals surface area contributed by atoms with Crippen molar-refractivity contribution in [1.82, 2.24) is 14.7 Å². The normalized spacial score (nSPS) is 26.0. The number of hydrogen-bond acceptors (Lipinski definition) is 10. The van der Waals surface area contributed by atoms with E-state index in [4.69, 9.17) is 18.9 Å². The molecule has 2 bridgehead atoms. The van der Waals surface area contributed by atoms with Crippen LogP contribution in [-0.4, -0.2) is 71.4 Å². The molecule has 5 heterocycles. The highest BCUT2D eigenvalue weighted by molar-refractivity contribution is 5.74. The van der Waals surface area contributed by atoms with Crippen LogP contribution >= 0.6 is 0 Å². The maximum atomic E-state index is 12.5. The molecule has 0 radical (unpaired) electrons. The first kappa shape index (κ1) is 29.1. The van der Waals surface area contributed by atoms with E-state index in [-0.39, 0.29) is 36.7 Å². The zero-order valence-electron chi connectivity index (χ0n) is 26.8. The van der Waals surface area contributed by atoms with Crippen molar-refractivity contribution in [2.45, 2.75) is 76.9 Å². The fourth-order valence-electron chi connectivity index (χ4n) is 9.07. The van der Waals surface area contributed by atoms with E-state index >= 15 is 0 Å². The number of piperazine rings is 1. The maximum Gasteiger partial charge on any atom is 0.308 e. The first-order chi connectivity index (χ1) is 22.2. The first-order valence-electron chi connectivity index (χ1n) is 15.9. The molecule has 0 amide bonds. The molecule has 0 aliphatic carbocycles. The molecule has 3 aromatic carbocycles. The fourth-order valence-corrected chi connectivity index (χ4v) is 9.07. The highest BCUT2D eigenvalue weighted by Gasteiger charge is 2.57. The summed E-state index contributed by atoms with van der Waals surface area (Å²) < 4.78 is 23.9. The van der Waals surface area contributed by atoms with Gasteiger partial charge in [0, 0.05) is 60.9 Å². The predicted molar refractivity (Wildman–Crippen MR) is 168 cm³/mol. The number of rotatable bonds is 4. The molecule has 3 unspecified atom stereocenters. The standard InChI is InChI=1S/C36H38N4O6/c1-18-10-23-11-25-27(13-37)40-26(31(38(25)4)29(23)32(42)33(18)43-5)12-24-30(28(40)16-39-14-21-8-6-7-9-22(21)15-39)36-35(44-17-45-36)19(2)34(24)46-20(3)41/h6-10,25-28,31,42H,11-12,14-17H2,1-5H3/t25?,26?,27?,28-,31-/m0/s1. The van der Waals surface area contributed by atoms with Gasteiger partial charge in [0.15, 0.2) is 23.0 Å². The zero-order valence-corrected chi connectivity index (χ0v) is 26.8. The number of phenols is 1. The molecule has 10 nitrogen and oxygen atoms in total. The smallest absolute Gasteiger partial charge is 0.308 e. The highest BCUT2D eigenvalue weighted by Crippen LogP contribution is 2.58. The van der Waals surface area contributed by atoms with Gasteiger partial charge in [-0.3, -0.25) is 19.5 Å². The zero-order chi connectivity index (χ0) is 32.0. The summed E-state index contributed by atoms with van der Waals surface area (Å²) in [5.41, 5.74) is 7.91. The SMILES string of the molecule is COc1c(C)cc2c(c1O)[C@@H]1C3Cc4c(OC(C)=O)c(C)c5c(c4[C@H](CN4Cc6ccccc6C4)N3C(C#N)C(C2)N1C)OCO5. The molecular weight excluding hydrogens is 584 g/mol. The van der Waals surface area contributed by atoms with Crippen LogP contribution < -0.4 is 18.9 Å². The average Bonchev–Trinajstić information content (AvgIpc) is 3.67. The largest absolute Gasteiger partial charge is 0.504 e. The van der Waals surface area contributed by atoms with Gasteiger partial charge in [-0.25, -0.2) is 0 Å². The van der Waals surface area contributed by atoms with Gasteiger partial charge in [0.1, 0.15) is 11.8 Å². The van der Waals surface area contributed by atoms with E-state index in [1.54, 1.807) is 7.11 Å². The lowest BCUT2D eigenvalue weighted by molar-refractivity contribution is -0.132. The van der Waals surface area contributed by atoms with Gasteiger partial charge in [0.05, 0.1) is 25.3 Å². The molecule has 5 atom stereocenters. The molecule has 5 aliphatic rings. The van der Waals surface area contributed by atoms with Gasteiger partial charge >= 0.3 is 5.97 Å². The van der Waals surface area contributed by atoms with E-state index in [2.05, 4.69) is 58.1 Å². The molecule has 0 saturated carbocycles. The Morgan fingerprint density at radius 2 is 1.76 bits per heavy atom. The molecule has 10 heteroatoms. The van der Waals surface area contributed by atoms with Crippen molar-refractivity contribution in [3.8, 4) is 34.8 Å². The van der Waals surface area contributed by atoms with Crippen molar-refractivity contribution in [1.29, 1.82) is 5.26 Å². The lowest BCUT2D eigenvalue weighted by atomic mass is 9.71. The van der Waals surface area contributed by atoms with Crippen LogP contribution in [0, 0.1) is 25.2 Å². The third-order valence-electron chi connectivity index (χ3n) is 10.8. The number of likely N-dealkylation sites (N-methyl/N-ethyl adjacent to an activating group) is 1. The summed E-state index contributed by atoms with van der Waals surface area (Å²) in [6, 6.07) is 12.1. The number of fused-ring (bicyclic) bond motifs is 10. The Labute approximate surface area is 268 Å². The number of benzene rings is 3. The van der Waals surface area contributed by atoms with Crippen molar-refractivity contribution in [2.75, 3.05) is 27.5 Å². The molecule has 238 valence electrons. The second-order valence-electron chi connectivity index (χ2n) is 13.3. The number of esters is 1. The second kappa shape index (κ2) is 10.6. The van der Waals surface area contributed by atoms with Gasteiger partial charge in [0.2, 0.25) is 6.79 Å². The fraction of sp³-hybridized carbons (Fsp3) is 0.444. The van der Waals surface area contributed by atoms with Crippen LogP contribution in [0.4, 0.5) is 0 Å². The van der Waals surface area contributed by atoms with Gasteiger partial charge in [-0.05, 0) is 56.0 Å². The number of aromatic hydroxyl groups is 1. The van der Waals surface area contributed by atoms with Crippen molar-refractivity contribution in [2.24, 2.45) is 0 Å². The average molecular weight is 623 g/mol. The molecule has 0 aromatic heterocycles. The topological polar surface area (TPSA) is 108 Å². The van der Waals surface area contributed by atoms with Crippen LogP contribution in [0.3, 0.4) is 0 Å². The number of ether oxygens (including phenoxy) is 4. The number of nitrogens with zero attached hydrogens (tertiary/aromatic N) is 4. The minimum atomic E-state index is -0.441.